The van der Waals surface area contributed by atoms with E-state index in [2.05, 4.69) is 48.5 Å². The molecule has 95 heavy (non-hydrogen) atoms. The Morgan fingerprint density at radius 1 is 0.305 bits per heavy atom. The van der Waals surface area contributed by atoms with E-state index in [1.807, 2.05) is 0 Å². The molecule has 3 N–H and O–H groups in total. The molecule has 0 fully saturated rings. The summed E-state index contributed by atoms with van der Waals surface area (Å²) >= 11 is 0. The molecule has 0 aromatic heterocycles. The zero-order valence-corrected chi connectivity index (χ0v) is 63.9. The molecule has 0 saturated carbocycles. The van der Waals surface area contributed by atoms with Crippen molar-refractivity contribution in [2.24, 2.45) is 17.8 Å². The number of esters is 4. The van der Waals surface area contributed by atoms with Crippen molar-refractivity contribution in [3.05, 3.63) is 0 Å². The van der Waals surface area contributed by atoms with E-state index in [4.69, 9.17) is 37.0 Å². The van der Waals surface area contributed by atoms with Gasteiger partial charge in [0.2, 0.25) is 0 Å². The largest absolute Gasteiger partial charge is 0.472 e. The molecule has 7 atom stereocenters. The molecule has 564 valence electrons. The lowest BCUT2D eigenvalue weighted by molar-refractivity contribution is -0.161. The van der Waals surface area contributed by atoms with E-state index in [-0.39, 0.29) is 25.7 Å². The van der Waals surface area contributed by atoms with E-state index >= 15 is 0 Å². The van der Waals surface area contributed by atoms with Gasteiger partial charge in [-0.05, 0) is 43.4 Å². The number of carbonyl (C=O) groups is 4. The molecule has 0 aliphatic heterocycles. The van der Waals surface area contributed by atoms with Gasteiger partial charge in [-0.25, -0.2) is 9.13 Å². The molecular weight excluding hydrogens is 1250 g/mol. The van der Waals surface area contributed by atoms with Gasteiger partial charge in [0.15, 0.2) is 12.2 Å². The van der Waals surface area contributed by atoms with Gasteiger partial charge in [-0.1, -0.05) is 337 Å². The van der Waals surface area contributed by atoms with Gasteiger partial charge in [-0.2, -0.15) is 0 Å². The summed E-state index contributed by atoms with van der Waals surface area (Å²) in [5, 5.41) is 10.6. The van der Waals surface area contributed by atoms with Crippen molar-refractivity contribution in [2.45, 2.75) is 407 Å². The highest BCUT2D eigenvalue weighted by Gasteiger charge is 2.30. The summed E-state index contributed by atoms with van der Waals surface area (Å²) in [5.74, 6) is 0.147. The van der Waals surface area contributed by atoms with Gasteiger partial charge in [0, 0.05) is 25.7 Å². The van der Waals surface area contributed by atoms with Crippen LogP contribution in [0.25, 0.3) is 0 Å². The summed E-state index contributed by atoms with van der Waals surface area (Å²) in [7, 11) is -9.91. The molecule has 0 aliphatic rings. The molecule has 0 rings (SSSR count). The fraction of sp³-hybridized carbons (Fsp3) is 0.947. The molecule has 0 bridgehead atoms. The highest BCUT2D eigenvalue weighted by atomic mass is 31.2. The maximum Gasteiger partial charge on any atom is 0.472 e. The third-order valence-corrected chi connectivity index (χ3v) is 20.3. The van der Waals surface area contributed by atoms with E-state index in [0.29, 0.717) is 31.6 Å². The molecule has 17 nitrogen and oxygen atoms in total. The summed E-state index contributed by atoms with van der Waals surface area (Å²) in [6.45, 7) is 11.8. The summed E-state index contributed by atoms with van der Waals surface area (Å²) < 4.78 is 68.4. The first-order valence-corrected chi connectivity index (χ1v) is 42.4. The number of phosphoric acid groups is 2. The zero-order chi connectivity index (χ0) is 70.1. The number of hydrogen-bond acceptors (Lipinski definition) is 15. The second-order valence-electron chi connectivity index (χ2n) is 28.4. The van der Waals surface area contributed by atoms with E-state index < -0.39 is 97.5 Å². The second kappa shape index (κ2) is 66.6. The Labute approximate surface area is 581 Å². The minimum Gasteiger partial charge on any atom is -0.462 e. The van der Waals surface area contributed by atoms with Gasteiger partial charge in [0.05, 0.1) is 26.4 Å². The van der Waals surface area contributed by atoms with Gasteiger partial charge in [-0.15, -0.1) is 0 Å². The van der Waals surface area contributed by atoms with E-state index in [1.165, 1.54) is 193 Å². The van der Waals surface area contributed by atoms with Crippen LogP contribution in [-0.2, 0) is 65.4 Å². The van der Waals surface area contributed by atoms with Gasteiger partial charge in [0.25, 0.3) is 0 Å². The molecule has 0 aliphatic carbocycles. The minimum atomic E-state index is -4.96. The van der Waals surface area contributed by atoms with Crippen molar-refractivity contribution < 1.29 is 80.2 Å². The van der Waals surface area contributed by atoms with Crippen LogP contribution in [0.4, 0.5) is 0 Å². The first-order valence-electron chi connectivity index (χ1n) is 39.4. The van der Waals surface area contributed by atoms with Crippen molar-refractivity contribution in [1.29, 1.82) is 0 Å². The molecule has 0 spiro atoms. The number of aliphatic hydroxyl groups is 1. The zero-order valence-electron chi connectivity index (χ0n) is 62.1. The highest BCUT2D eigenvalue weighted by molar-refractivity contribution is 7.47. The van der Waals surface area contributed by atoms with Crippen LogP contribution in [0, 0.1) is 17.8 Å². The van der Waals surface area contributed by atoms with Crippen molar-refractivity contribution in [2.75, 3.05) is 39.6 Å². The summed E-state index contributed by atoms with van der Waals surface area (Å²) in [5.41, 5.74) is 0. The smallest absolute Gasteiger partial charge is 0.462 e. The normalized spacial score (nSPS) is 14.6. The standard InChI is InChI=1S/C76H148O17P2/c1-8-11-12-13-14-15-16-17-25-28-31-34-43-50-57-73(78)86-63-71(92-75(80)59-52-45-35-32-29-26-23-21-19-18-20-22-24-27-30-33-41-48-55-68(6)9-2)65-90-94(82,83)88-61-70(77)62-89-95(84,85)91-66-72(64-87-74(79)58-51-44-38-36-40-47-54-67(4)5)93-76(81)60-53-46-39-37-42-49-56-69(7)10-3/h67-72,77H,8-66H2,1-7H3,(H,82,83)(H,84,85)/t68?,69?,70-,71-,72-/m1/s1. The number of rotatable bonds is 74. The van der Waals surface area contributed by atoms with E-state index in [0.717, 1.165) is 108 Å². The first-order chi connectivity index (χ1) is 45.8. The molecule has 0 heterocycles. The number of unbranched alkanes of at least 4 members (excludes halogenated alkanes) is 40. The lowest BCUT2D eigenvalue weighted by Crippen LogP contribution is -2.30. The van der Waals surface area contributed by atoms with Crippen LogP contribution in [-0.4, -0.2) is 96.7 Å². The van der Waals surface area contributed by atoms with Crippen LogP contribution in [0.1, 0.15) is 389 Å². The Morgan fingerprint density at radius 2 is 0.537 bits per heavy atom. The van der Waals surface area contributed by atoms with E-state index in [1.54, 1.807) is 0 Å². The topological polar surface area (TPSA) is 237 Å². The predicted molar refractivity (Wildman–Crippen MR) is 386 cm³/mol. The molecule has 19 heteroatoms. The lowest BCUT2D eigenvalue weighted by Gasteiger charge is -2.21. The Bertz CT molecular complexity index is 1860. The van der Waals surface area contributed by atoms with Crippen molar-refractivity contribution in [3.63, 3.8) is 0 Å². The van der Waals surface area contributed by atoms with Gasteiger partial charge >= 0.3 is 39.5 Å². The molecular formula is C76H148O17P2. The van der Waals surface area contributed by atoms with Crippen LogP contribution in [0.5, 0.6) is 0 Å². The maximum atomic E-state index is 13.1. The first kappa shape index (κ1) is 93.1. The van der Waals surface area contributed by atoms with Gasteiger partial charge in [0.1, 0.15) is 19.3 Å². The Morgan fingerprint density at radius 3 is 0.800 bits per heavy atom. The Balaban J connectivity index is 5.18. The third-order valence-electron chi connectivity index (χ3n) is 18.4. The van der Waals surface area contributed by atoms with Crippen LogP contribution >= 0.6 is 15.6 Å². The van der Waals surface area contributed by atoms with Crippen LogP contribution in [0.15, 0.2) is 0 Å². The molecule has 0 saturated heterocycles. The minimum absolute atomic E-state index is 0.102. The number of hydrogen-bond donors (Lipinski definition) is 3. The van der Waals surface area contributed by atoms with Gasteiger partial charge < -0.3 is 33.8 Å². The van der Waals surface area contributed by atoms with Crippen LogP contribution < -0.4 is 0 Å². The van der Waals surface area contributed by atoms with Crippen molar-refractivity contribution in [3.8, 4) is 0 Å². The fourth-order valence-corrected chi connectivity index (χ4v) is 13.1. The molecule has 4 unspecified atom stereocenters. The highest BCUT2D eigenvalue weighted by Crippen LogP contribution is 2.45. The van der Waals surface area contributed by atoms with Crippen molar-refractivity contribution in [1.82, 2.24) is 0 Å². The maximum absolute atomic E-state index is 13.1. The van der Waals surface area contributed by atoms with Crippen LogP contribution in [0.2, 0.25) is 0 Å². The lowest BCUT2D eigenvalue weighted by atomic mass is 9.99. The summed E-state index contributed by atoms with van der Waals surface area (Å²) in [6, 6.07) is 0. The number of aliphatic hydroxyl groups excluding tert-OH is 1. The average molecular weight is 1400 g/mol. The molecule has 0 aromatic carbocycles. The van der Waals surface area contributed by atoms with E-state index in [9.17, 15) is 43.2 Å². The Hall–Kier alpha value is -1.94. The number of ether oxygens (including phenoxy) is 4. The summed E-state index contributed by atoms with van der Waals surface area (Å²) in [6.07, 6.45) is 53.0. The van der Waals surface area contributed by atoms with Crippen molar-refractivity contribution >= 4 is 39.5 Å². The third kappa shape index (κ3) is 67.6. The number of phosphoric ester groups is 2. The SMILES string of the molecule is CCCCCCCCCCCCCCCCC(=O)OC[C@H](COP(=O)(O)OC[C@@H](O)COP(=O)(O)OC[C@@H](COC(=O)CCCCCCCCC(C)C)OC(=O)CCCCCCCCC(C)CC)OC(=O)CCCCCCCCCCCCCCCCCCCCC(C)CC. The molecule has 0 radical (unpaired) electrons. The molecule has 0 aromatic rings. The second-order valence-corrected chi connectivity index (χ2v) is 31.3. The quantitative estimate of drug-likeness (QED) is 0.0222. The number of carbonyl (C=O) groups excluding carboxylic acids is 4. The summed E-state index contributed by atoms with van der Waals surface area (Å²) in [4.78, 5) is 72.7. The molecule has 0 amide bonds. The predicted octanol–water partition coefficient (Wildman–Crippen LogP) is 22.2. The van der Waals surface area contributed by atoms with Crippen LogP contribution in [0.3, 0.4) is 0 Å². The fourth-order valence-electron chi connectivity index (χ4n) is 11.5. The van der Waals surface area contributed by atoms with Gasteiger partial charge in [-0.3, -0.25) is 37.3 Å². The monoisotopic (exact) mass is 1400 g/mol. The Kier molecular flexibility index (Phi) is 65.2. The average Bonchev–Trinajstić information content (AvgIpc) is 1.74.